The summed E-state index contributed by atoms with van der Waals surface area (Å²) >= 11 is 1.50. The fraction of sp³-hybridized carbons (Fsp3) is 0.188. The SMILES string of the molecule is Cc1cc(C(=O)N(C)Cc2nc(-c3cccs3)no2)ccc1[N+](=O)[O-]. The molecule has 0 aliphatic heterocycles. The summed E-state index contributed by atoms with van der Waals surface area (Å²) in [6.45, 7) is 1.74. The van der Waals surface area contributed by atoms with E-state index in [0.717, 1.165) is 4.88 Å². The van der Waals surface area contributed by atoms with Crippen LogP contribution in [0.4, 0.5) is 5.69 Å². The van der Waals surface area contributed by atoms with Crippen molar-refractivity contribution in [3.8, 4) is 10.7 Å². The lowest BCUT2D eigenvalue weighted by Crippen LogP contribution is -2.26. The Morgan fingerprint density at radius 2 is 2.20 bits per heavy atom. The maximum Gasteiger partial charge on any atom is 0.272 e. The fourth-order valence-electron chi connectivity index (χ4n) is 2.31. The van der Waals surface area contributed by atoms with Gasteiger partial charge in [-0.3, -0.25) is 14.9 Å². The van der Waals surface area contributed by atoms with Gasteiger partial charge in [0.05, 0.1) is 16.3 Å². The lowest BCUT2D eigenvalue weighted by molar-refractivity contribution is -0.385. The van der Waals surface area contributed by atoms with Crippen LogP contribution < -0.4 is 0 Å². The van der Waals surface area contributed by atoms with Gasteiger partial charge in [0.2, 0.25) is 11.7 Å². The van der Waals surface area contributed by atoms with Crippen LogP contribution in [0.3, 0.4) is 0 Å². The Kier molecular flexibility index (Phi) is 4.57. The predicted octanol–water partition coefficient (Wildman–Crippen LogP) is 3.29. The van der Waals surface area contributed by atoms with Crippen molar-refractivity contribution in [1.29, 1.82) is 0 Å². The molecule has 0 fully saturated rings. The van der Waals surface area contributed by atoms with E-state index in [-0.39, 0.29) is 18.1 Å². The molecule has 0 aliphatic carbocycles. The van der Waals surface area contributed by atoms with Gasteiger partial charge in [0, 0.05) is 24.2 Å². The number of aromatic nitrogens is 2. The summed E-state index contributed by atoms with van der Waals surface area (Å²) in [7, 11) is 1.61. The van der Waals surface area contributed by atoms with E-state index in [1.165, 1.54) is 34.4 Å². The molecule has 3 rings (SSSR count). The van der Waals surface area contributed by atoms with Gasteiger partial charge >= 0.3 is 0 Å². The highest BCUT2D eigenvalue weighted by Crippen LogP contribution is 2.22. The second-order valence-electron chi connectivity index (χ2n) is 5.41. The summed E-state index contributed by atoms with van der Waals surface area (Å²) in [4.78, 5) is 29.5. The molecule has 0 unspecified atom stereocenters. The zero-order chi connectivity index (χ0) is 18.0. The predicted molar refractivity (Wildman–Crippen MR) is 91.2 cm³/mol. The number of benzene rings is 1. The van der Waals surface area contributed by atoms with Gasteiger partial charge in [-0.05, 0) is 30.5 Å². The number of thiophene rings is 1. The van der Waals surface area contributed by atoms with Crippen LogP contribution in [0.15, 0.2) is 40.2 Å². The topological polar surface area (TPSA) is 102 Å². The number of nitro groups is 1. The Morgan fingerprint density at radius 3 is 2.84 bits per heavy atom. The molecule has 2 aromatic heterocycles. The van der Waals surface area contributed by atoms with E-state index in [4.69, 9.17) is 4.52 Å². The number of nitro benzene ring substituents is 1. The van der Waals surface area contributed by atoms with Gasteiger partial charge in [0.25, 0.3) is 11.6 Å². The summed E-state index contributed by atoms with van der Waals surface area (Å²) in [5, 5.41) is 16.7. The molecule has 3 aromatic rings. The number of hydrogen-bond acceptors (Lipinski definition) is 7. The Bertz CT molecular complexity index is 920. The molecule has 8 nitrogen and oxygen atoms in total. The van der Waals surface area contributed by atoms with Crippen LogP contribution in [0.1, 0.15) is 21.8 Å². The summed E-state index contributed by atoms with van der Waals surface area (Å²) in [6, 6.07) is 8.05. The Labute approximate surface area is 146 Å². The first-order valence-electron chi connectivity index (χ1n) is 7.32. The minimum Gasteiger partial charge on any atom is -0.337 e. The molecule has 0 aliphatic rings. The van der Waals surface area contributed by atoms with Gasteiger partial charge in [-0.1, -0.05) is 11.2 Å². The highest BCUT2D eigenvalue weighted by Gasteiger charge is 2.19. The Hall–Kier alpha value is -3.07. The third-order valence-corrected chi connectivity index (χ3v) is 4.44. The highest BCUT2D eigenvalue weighted by atomic mass is 32.1. The molecule has 1 amide bonds. The minimum absolute atomic E-state index is 0.0170. The third-order valence-electron chi connectivity index (χ3n) is 3.57. The third kappa shape index (κ3) is 3.56. The van der Waals surface area contributed by atoms with Crippen molar-refractivity contribution in [3.05, 3.63) is 62.8 Å². The summed E-state index contributed by atoms with van der Waals surface area (Å²) < 4.78 is 5.18. The highest BCUT2D eigenvalue weighted by molar-refractivity contribution is 7.13. The molecule has 0 saturated carbocycles. The first-order valence-corrected chi connectivity index (χ1v) is 8.20. The van der Waals surface area contributed by atoms with E-state index >= 15 is 0 Å². The van der Waals surface area contributed by atoms with Gasteiger partial charge in [-0.25, -0.2) is 0 Å². The molecule has 0 saturated heterocycles. The number of aryl methyl sites for hydroxylation is 1. The lowest BCUT2D eigenvalue weighted by atomic mass is 10.1. The Morgan fingerprint density at radius 1 is 1.40 bits per heavy atom. The molecule has 128 valence electrons. The summed E-state index contributed by atoms with van der Waals surface area (Å²) in [5.41, 5.74) is 0.780. The molecule has 9 heteroatoms. The quantitative estimate of drug-likeness (QED) is 0.512. The van der Waals surface area contributed by atoms with Crippen molar-refractivity contribution in [2.45, 2.75) is 13.5 Å². The van der Waals surface area contributed by atoms with Crippen molar-refractivity contribution >= 4 is 22.9 Å². The average molecular weight is 358 g/mol. The van der Waals surface area contributed by atoms with E-state index in [1.807, 2.05) is 17.5 Å². The fourth-order valence-corrected chi connectivity index (χ4v) is 2.96. The van der Waals surface area contributed by atoms with Crippen LogP contribution in [0.5, 0.6) is 0 Å². The zero-order valence-electron chi connectivity index (χ0n) is 13.5. The van der Waals surface area contributed by atoms with Gasteiger partial charge in [0.15, 0.2) is 0 Å². The molecule has 0 atom stereocenters. The Balaban J connectivity index is 1.73. The maximum absolute atomic E-state index is 12.5. The van der Waals surface area contributed by atoms with Crippen molar-refractivity contribution < 1.29 is 14.2 Å². The maximum atomic E-state index is 12.5. The molecular weight excluding hydrogens is 344 g/mol. The average Bonchev–Trinajstić information content (AvgIpc) is 3.24. The van der Waals surface area contributed by atoms with Gasteiger partial charge in [-0.2, -0.15) is 4.98 Å². The van der Waals surface area contributed by atoms with Crippen LogP contribution in [-0.4, -0.2) is 32.9 Å². The van der Waals surface area contributed by atoms with Crippen molar-refractivity contribution in [1.82, 2.24) is 15.0 Å². The number of carbonyl (C=O) groups excluding carboxylic acids is 1. The lowest BCUT2D eigenvalue weighted by Gasteiger charge is -2.15. The van der Waals surface area contributed by atoms with Gasteiger partial charge in [-0.15, -0.1) is 11.3 Å². The zero-order valence-corrected chi connectivity index (χ0v) is 14.3. The van der Waals surface area contributed by atoms with E-state index in [0.29, 0.717) is 22.8 Å². The summed E-state index contributed by atoms with van der Waals surface area (Å²) in [6.07, 6.45) is 0. The minimum atomic E-state index is -0.474. The van der Waals surface area contributed by atoms with Crippen LogP contribution in [-0.2, 0) is 6.54 Å². The van der Waals surface area contributed by atoms with Crippen molar-refractivity contribution in [2.75, 3.05) is 7.05 Å². The summed E-state index contributed by atoms with van der Waals surface area (Å²) in [5.74, 6) is 0.517. The number of hydrogen-bond donors (Lipinski definition) is 0. The van der Waals surface area contributed by atoms with Crippen molar-refractivity contribution in [2.24, 2.45) is 0 Å². The largest absolute Gasteiger partial charge is 0.337 e. The molecule has 0 N–H and O–H groups in total. The molecule has 0 bridgehead atoms. The van der Waals surface area contributed by atoms with E-state index < -0.39 is 4.92 Å². The van der Waals surface area contributed by atoms with Crippen LogP contribution in [0, 0.1) is 17.0 Å². The van der Waals surface area contributed by atoms with E-state index in [1.54, 1.807) is 14.0 Å². The monoisotopic (exact) mass is 358 g/mol. The second kappa shape index (κ2) is 6.81. The normalized spacial score (nSPS) is 10.6. The molecule has 1 aromatic carbocycles. The van der Waals surface area contributed by atoms with Gasteiger partial charge in [0.1, 0.15) is 0 Å². The first kappa shape index (κ1) is 16.8. The number of rotatable bonds is 5. The van der Waals surface area contributed by atoms with Gasteiger partial charge < -0.3 is 9.42 Å². The van der Waals surface area contributed by atoms with Crippen LogP contribution in [0.25, 0.3) is 10.7 Å². The van der Waals surface area contributed by atoms with Crippen LogP contribution in [0.2, 0.25) is 0 Å². The molecule has 25 heavy (non-hydrogen) atoms. The van der Waals surface area contributed by atoms with E-state index in [9.17, 15) is 14.9 Å². The second-order valence-corrected chi connectivity index (χ2v) is 6.36. The number of nitrogens with zero attached hydrogens (tertiary/aromatic N) is 4. The number of amides is 1. The molecular formula is C16H14N4O4S. The molecule has 0 radical (unpaired) electrons. The number of carbonyl (C=O) groups is 1. The standard InChI is InChI=1S/C16H14N4O4S/c1-10-8-11(5-6-12(10)20(22)23)16(21)19(2)9-14-17-15(18-24-14)13-4-3-7-25-13/h3-8H,9H2,1-2H3. The van der Waals surface area contributed by atoms with Crippen LogP contribution >= 0.6 is 11.3 Å². The molecule has 2 heterocycles. The smallest absolute Gasteiger partial charge is 0.272 e. The first-order chi connectivity index (χ1) is 12.0. The van der Waals surface area contributed by atoms with Crippen molar-refractivity contribution in [3.63, 3.8) is 0 Å². The van der Waals surface area contributed by atoms with E-state index in [2.05, 4.69) is 10.1 Å². The molecule has 0 spiro atoms.